The molecule has 0 aromatic carbocycles. The largest absolute Gasteiger partial charge is 0.501 e. The number of allylic oxidation sites excluding steroid dienone is 6. The van der Waals surface area contributed by atoms with Gasteiger partial charge >= 0.3 is 5.56 Å². The van der Waals surface area contributed by atoms with Crippen molar-refractivity contribution in [2.24, 2.45) is 5.41 Å². The Labute approximate surface area is 181 Å². The highest BCUT2D eigenvalue weighted by molar-refractivity contribution is 5.95. The SMILES string of the molecule is CC1Cn2c(CC3(C4=CC(CC=O)=CCC=C4)CCCC3)nc(=O)c(O)c2C(=O)N1C. The molecule has 2 heterocycles. The van der Waals surface area contributed by atoms with E-state index in [1.807, 2.05) is 6.92 Å². The smallest absolute Gasteiger partial charge is 0.315 e. The average molecular weight is 424 g/mol. The van der Waals surface area contributed by atoms with Crippen molar-refractivity contribution < 1.29 is 14.7 Å². The number of rotatable bonds is 5. The first-order valence-electron chi connectivity index (χ1n) is 11.0. The van der Waals surface area contributed by atoms with E-state index in [9.17, 15) is 19.5 Å². The van der Waals surface area contributed by atoms with Crippen molar-refractivity contribution in [2.45, 2.75) is 64.5 Å². The molecule has 1 amide bonds. The standard InChI is InChI=1S/C24H29N3O4/c1-16-15-27-19(25-22(30)21(29)20(27)23(31)26(16)2)14-24(10-5-6-11-24)18-8-4-3-7-17(13-18)9-12-28/h4,7-8,12-13,16,29H,3,5-6,9-11,14-15H2,1-2H3. The van der Waals surface area contributed by atoms with E-state index in [2.05, 4.69) is 29.3 Å². The lowest BCUT2D eigenvalue weighted by molar-refractivity contribution is -0.107. The highest BCUT2D eigenvalue weighted by Gasteiger charge is 2.40. The number of aromatic nitrogens is 2. The molecule has 31 heavy (non-hydrogen) atoms. The number of carbonyl (C=O) groups is 2. The molecule has 3 aliphatic rings. The number of hydrogen-bond acceptors (Lipinski definition) is 5. The summed E-state index contributed by atoms with van der Waals surface area (Å²) >= 11 is 0. The maximum Gasteiger partial charge on any atom is 0.315 e. The van der Waals surface area contributed by atoms with Gasteiger partial charge in [0, 0.05) is 37.9 Å². The Morgan fingerprint density at radius 1 is 1.29 bits per heavy atom. The maximum absolute atomic E-state index is 12.8. The van der Waals surface area contributed by atoms with Gasteiger partial charge in [0.05, 0.1) is 0 Å². The van der Waals surface area contributed by atoms with Crippen molar-refractivity contribution in [3.8, 4) is 5.75 Å². The van der Waals surface area contributed by atoms with E-state index < -0.39 is 11.3 Å². The second-order valence-electron chi connectivity index (χ2n) is 8.96. The van der Waals surface area contributed by atoms with E-state index in [-0.39, 0.29) is 23.1 Å². The van der Waals surface area contributed by atoms with Crippen molar-refractivity contribution in [1.82, 2.24) is 14.5 Å². The lowest BCUT2D eigenvalue weighted by Crippen LogP contribution is -2.46. The molecule has 4 rings (SSSR count). The molecule has 1 aromatic rings. The Morgan fingerprint density at radius 3 is 2.74 bits per heavy atom. The molecule has 1 atom stereocenters. The van der Waals surface area contributed by atoms with E-state index in [1.165, 1.54) is 0 Å². The van der Waals surface area contributed by atoms with Gasteiger partial charge in [-0.25, -0.2) is 0 Å². The quantitative estimate of drug-likeness (QED) is 0.735. The van der Waals surface area contributed by atoms with E-state index in [0.717, 1.165) is 49.5 Å². The van der Waals surface area contributed by atoms with Crippen molar-refractivity contribution in [1.29, 1.82) is 0 Å². The number of amides is 1. The fraction of sp³-hybridized carbons (Fsp3) is 0.500. The average Bonchev–Trinajstić information content (AvgIpc) is 3.09. The summed E-state index contributed by atoms with van der Waals surface area (Å²) in [6.45, 7) is 2.42. The Bertz CT molecular complexity index is 1060. The fourth-order valence-corrected chi connectivity index (χ4v) is 5.10. The van der Waals surface area contributed by atoms with Crippen LogP contribution in [0.15, 0.2) is 40.2 Å². The Hall–Kier alpha value is -2.96. The highest BCUT2D eigenvalue weighted by atomic mass is 16.3. The van der Waals surface area contributed by atoms with Crippen molar-refractivity contribution in [2.75, 3.05) is 7.05 Å². The van der Waals surface area contributed by atoms with Gasteiger partial charge in [-0.3, -0.25) is 9.59 Å². The third-order valence-electron chi connectivity index (χ3n) is 7.01. The molecule has 0 radical (unpaired) electrons. The summed E-state index contributed by atoms with van der Waals surface area (Å²) in [7, 11) is 1.68. The lowest BCUT2D eigenvalue weighted by Gasteiger charge is -2.36. The number of aldehydes is 1. The molecule has 1 N–H and O–H groups in total. The van der Waals surface area contributed by atoms with Gasteiger partial charge in [-0.05, 0) is 37.3 Å². The van der Waals surface area contributed by atoms with Crippen LogP contribution in [0.3, 0.4) is 0 Å². The van der Waals surface area contributed by atoms with Gasteiger partial charge in [0.25, 0.3) is 5.91 Å². The van der Waals surface area contributed by atoms with Gasteiger partial charge in [-0.15, -0.1) is 0 Å². The van der Waals surface area contributed by atoms with E-state index in [0.29, 0.717) is 25.2 Å². The zero-order valence-corrected chi connectivity index (χ0v) is 18.1. The molecule has 7 nitrogen and oxygen atoms in total. The molecule has 0 saturated heterocycles. The van der Waals surface area contributed by atoms with E-state index in [1.54, 1.807) is 16.5 Å². The van der Waals surface area contributed by atoms with Crippen LogP contribution < -0.4 is 5.56 Å². The number of carbonyl (C=O) groups excluding carboxylic acids is 2. The van der Waals surface area contributed by atoms with Crippen LogP contribution in [-0.4, -0.2) is 44.8 Å². The summed E-state index contributed by atoms with van der Waals surface area (Å²) < 4.78 is 1.74. The monoisotopic (exact) mass is 423 g/mol. The second-order valence-corrected chi connectivity index (χ2v) is 8.96. The molecule has 0 spiro atoms. The minimum atomic E-state index is -0.752. The molecule has 164 valence electrons. The zero-order valence-electron chi connectivity index (χ0n) is 18.1. The van der Waals surface area contributed by atoms with Crippen LogP contribution >= 0.6 is 0 Å². The zero-order chi connectivity index (χ0) is 22.2. The molecule has 1 aromatic heterocycles. The number of likely N-dealkylation sites (N-methyl/N-ethyl adjacent to an activating group) is 1. The van der Waals surface area contributed by atoms with Crippen LogP contribution in [0.25, 0.3) is 0 Å². The Kier molecular flexibility index (Phi) is 5.69. The minimum absolute atomic E-state index is 0.0377. The van der Waals surface area contributed by atoms with Crippen LogP contribution in [0, 0.1) is 5.41 Å². The topological polar surface area (TPSA) is 92.5 Å². The van der Waals surface area contributed by atoms with Crippen molar-refractivity contribution in [3.05, 3.63) is 57.3 Å². The first-order valence-corrected chi connectivity index (χ1v) is 11.0. The second kappa shape index (κ2) is 8.29. The Balaban J connectivity index is 1.81. The summed E-state index contributed by atoms with van der Waals surface area (Å²) in [5, 5.41) is 10.3. The third kappa shape index (κ3) is 3.77. The first-order chi connectivity index (χ1) is 14.9. The normalized spacial score (nSPS) is 22.6. The summed E-state index contributed by atoms with van der Waals surface area (Å²) in [6, 6.07) is -0.0684. The molecular formula is C24H29N3O4. The van der Waals surface area contributed by atoms with Crippen LogP contribution in [0.2, 0.25) is 0 Å². The van der Waals surface area contributed by atoms with Gasteiger partial charge < -0.3 is 19.4 Å². The molecule has 1 aliphatic heterocycles. The predicted octanol–water partition coefficient (Wildman–Crippen LogP) is 2.93. The van der Waals surface area contributed by atoms with Gasteiger partial charge in [-0.2, -0.15) is 4.98 Å². The third-order valence-corrected chi connectivity index (χ3v) is 7.01. The Morgan fingerprint density at radius 2 is 2.03 bits per heavy atom. The van der Waals surface area contributed by atoms with Crippen molar-refractivity contribution in [3.63, 3.8) is 0 Å². The minimum Gasteiger partial charge on any atom is -0.501 e. The van der Waals surface area contributed by atoms with Crippen LogP contribution in [0.5, 0.6) is 5.75 Å². The van der Waals surface area contributed by atoms with Crippen LogP contribution in [0.1, 0.15) is 61.8 Å². The summed E-state index contributed by atoms with van der Waals surface area (Å²) in [5.74, 6) is -0.382. The van der Waals surface area contributed by atoms with Crippen molar-refractivity contribution >= 4 is 12.2 Å². The van der Waals surface area contributed by atoms with Crippen LogP contribution in [-0.2, 0) is 17.8 Å². The fourth-order valence-electron chi connectivity index (χ4n) is 5.10. The molecule has 1 unspecified atom stereocenters. The predicted molar refractivity (Wildman–Crippen MR) is 117 cm³/mol. The number of hydrogen-bond donors (Lipinski definition) is 1. The van der Waals surface area contributed by atoms with E-state index >= 15 is 0 Å². The molecule has 2 aliphatic carbocycles. The number of fused-ring (bicyclic) bond motifs is 1. The van der Waals surface area contributed by atoms with Crippen LogP contribution in [0.4, 0.5) is 0 Å². The number of nitrogens with zero attached hydrogens (tertiary/aromatic N) is 3. The molecule has 7 heteroatoms. The van der Waals surface area contributed by atoms with E-state index in [4.69, 9.17) is 0 Å². The van der Waals surface area contributed by atoms with Gasteiger partial charge in [-0.1, -0.05) is 37.1 Å². The first kappa shape index (κ1) is 21.3. The summed E-state index contributed by atoms with van der Waals surface area (Å²) in [4.78, 5) is 42.2. The molecule has 1 saturated carbocycles. The highest BCUT2D eigenvalue weighted by Crippen LogP contribution is 2.48. The lowest BCUT2D eigenvalue weighted by atomic mass is 9.74. The molecular weight excluding hydrogens is 394 g/mol. The van der Waals surface area contributed by atoms with Gasteiger partial charge in [0.1, 0.15) is 12.1 Å². The summed E-state index contributed by atoms with van der Waals surface area (Å²) in [6.07, 6.45) is 15.1. The summed E-state index contributed by atoms with van der Waals surface area (Å²) in [5.41, 5.74) is 1.23. The number of aromatic hydroxyl groups is 1. The van der Waals surface area contributed by atoms with Gasteiger partial charge in [0.2, 0.25) is 5.75 Å². The van der Waals surface area contributed by atoms with Gasteiger partial charge in [0.15, 0.2) is 5.69 Å². The molecule has 0 bridgehead atoms. The molecule has 1 fully saturated rings. The maximum atomic E-state index is 12.8.